The SMILES string of the molecule is CC(C)(C)OC(=O)CC(=O)OCN1C(=O)CCc2ccc(CCN3CCN(c4cc(F)cc5sccc45)CC3)cc21. The maximum atomic E-state index is 14.2. The summed E-state index contributed by atoms with van der Waals surface area (Å²) in [6, 6.07) is 11.4. The normalized spacial score (nSPS) is 16.1. The van der Waals surface area contributed by atoms with E-state index in [1.54, 1.807) is 44.2 Å². The van der Waals surface area contributed by atoms with Crippen LogP contribution < -0.4 is 9.80 Å². The highest BCUT2D eigenvalue weighted by molar-refractivity contribution is 7.17. The third-order valence-corrected chi connectivity index (χ3v) is 8.22. The number of hydrogen-bond donors (Lipinski definition) is 0. The predicted octanol–water partition coefficient (Wildman–Crippen LogP) is 4.92. The lowest BCUT2D eigenvalue weighted by Crippen LogP contribution is -2.47. The summed E-state index contributed by atoms with van der Waals surface area (Å²) in [7, 11) is 0. The lowest BCUT2D eigenvalue weighted by atomic mass is 9.98. The van der Waals surface area contributed by atoms with E-state index in [1.807, 2.05) is 17.5 Å². The molecule has 10 heteroatoms. The first kappa shape index (κ1) is 29.0. The van der Waals surface area contributed by atoms with Gasteiger partial charge in [-0.25, -0.2) is 4.39 Å². The number of thiophene rings is 1. The second kappa shape index (κ2) is 12.2. The van der Waals surface area contributed by atoms with Crippen molar-refractivity contribution in [2.75, 3.05) is 49.3 Å². The molecule has 2 aliphatic rings. The number of aryl methyl sites for hydroxylation is 1. The van der Waals surface area contributed by atoms with E-state index in [9.17, 15) is 18.8 Å². The van der Waals surface area contributed by atoms with Gasteiger partial charge in [0.25, 0.3) is 0 Å². The average Bonchev–Trinajstić information content (AvgIpc) is 3.38. The van der Waals surface area contributed by atoms with Gasteiger partial charge in [0, 0.05) is 54.9 Å². The minimum atomic E-state index is -0.729. The Labute approximate surface area is 243 Å². The number of nitrogens with zero attached hydrogens (tertiary/aromatic N) is 3. The summed E-state index contributed by atoms with van der Waals surface area (Å²) < 4.78 is 25.6. The molecule has 0 aliphatic carbocycles. The van der Waals surface area contributed by atoms with Crippen LogP contribution in [0.25, 0.3) is 10.1 Å². The highest BCUT2D eigenvalue weighted by atomic mass is 32.1. The molecule has 5 rings (SSSR count). The van der Waals surface area contributed by atoms with Gasteiger partial charge in [0.1, 0.15) is 17.8 Å². The maximum absolute atomic E-state index is 14.2. The van der Waals surface area contributed by atoms with Crippen molar-refractivity contribution in [1.29, 1.82) is 0 Å². The van der Waals surface area contributed by atoms with Crippen LogP contribution in [0.5, 0.6) is 0 Å². The minimum Gasteiger partial charge on any atom is -0.460 e. The van der Waals surface area contributed by atoms with Gasteiger partial charge >= 0.3 is 11.9 Å². The van der Waals surface area contributed by atoms with E-state index in [2.05, 4.69) is 21.9 Å². The van der Waals surface area contributed by atoms with Gasteiger partial charge < -0.3 is 14.4 Å². The number of rotatable bonds is 8. The van der Waals surface area contributed by atoms with Crippen molar-refractivity contribution in [3.8, 4) is 0 Å². The molecule has 1 fully saturated rings. The predicted molar refractivity (Wildman–Crippen MR) is 158 cm³/mol. The van der Waals surface area contributed by atoms with Gasteiger partial charge in [-0.15, -0.1) is 11.3 Å². The molecule has 41 heavy (non-hydrogen) atoms. The van der Waals surface area contributed by atoms with Crippen LogP contribution in [0.1, 0.15) is 44.7 Å². The van der Waals surface area contributed by atoms with E-state index in [0.29, 0.717) is 12.8 Å². The van der Waals surface area contributed by atoms with Crippen molar-refractivity contribution in [3.63, 3.8) is 0 Å². The summed E-state index contributed by atoms with van der Waals surface area (Å²) in [5.74, 6) is -1.71. The average molecular weight is 582 g/mol. The highest BCUT2D eigenvalue weighted by Crippen LogP contribution is 2.33. The van der Waals surface area contributed by atoms with E-state index in [0.717, 1.165) is 71.7 Å². The molecule has 0 unspecified atom stereocenters. The third kappa shape index (κ3) is 7.23. The lowest BCUT2D eigenvalue weighted by Gasteiger charge is -2.36. The highest BCUT2D eigenvalue weighted by Gasteiger charge is 2.27. The molecule has 2 aliphatic heterocycles. The summed E-state index contributed by atoms with van der Waals surface area (Å²) >= 11 is 1.56. The summed E-state index contributed by atoms with van der Waals surface area (Å²) in [6.07, 6.45) is 1.28. The van der Waals surface area contributed by atoms with Gasteiger partial charge in [0.15, 0.2) is 6.73 Å². The summed E-state index contributed by atoms with van der Waals surface area (Å²) in [5, 5.41) is 3.11. The fraction of sp³-hybridized carbons (Fsp3) is 0.452. The van der Waals surface area contributed by atoms with Crippen LogP contribution in [-0.4, -0.2) is 67.8 Å². The molecule has 218 valence electrons. The number of piperazine rings is 1. The summed E-state index contributed by atoms with van der Waals surface area (Å²) in [6.45, 7) is 9.23. The van der Waals surface area contributed by atoms with Crippen molar-refractivity contribution >= 4 is 50.6 Å². The van der Waals surface area contributed by atoms with E-state index in [4.69, 9.17) is 9.47 Å². The Morgan fingerprint density at radius 1 is 0.976 bits per heavy atom. The molecular weight excluding hydrogens is 545 g/mol. The van der Waals surface area contributed by atoms with E-state index >= 15 is 0 Å². The maximum Gasteiger partial charge on any atom is 0.318 e. The molecule has 0 spiro atoms. The smallest absolute Gasteiger partial charge is 0.318 e. The molecule has 0 atom stereocenters. The molecule has 0 saturated carbocycles. The quantitative estimate of drug-likeness (QED) is 0.276. The second-order valence-corrected chi connectivity index (χ2v) is 12.5. The monoisotopic (exact) mass is 581 g/mol. The number of fused-ring (bicyclic) bond motifs is 2. The fourth-order valence-corrected chi connectivity index (χ4v) is 6.17. The van der Waals surface area contributed by atoms with Gasteiger partial charge in [0.05, 0.1) is 5.69 Å². The van der Waals surface area contributed by atoms with E-state index in [-0.39, 0.29) is 18.5 Å². The second-order valence-electron chi connectivity index (χ2n) is 11.5. The third-order valence-electron chi connectivity index (χ3n) is 7.36. The zero-order valence-corrected chi connectivity index (χ0v) is 24.6. The first-order valence-electron chi connectivity index (χ1n) is 14.0. The molecule has 3 heterocycles. The number of halogens is 1. The molecule has 0 N–H and O–H groups in total. The van der Waals surface area contributed by atoms with Gasteiger partial charge in [-0.2, -0.15) is 0 Å². The van der Waals surface area contributed by atoms with Crippen LogP contribution in [-0.2, 0) is 36.7 Å². The number of amides is 1. The lowest BCUT2D eigenvalue weighted by molar-refractivity contribution is -0.161. The van der Waals surface area contributed by atoms with Crippen LogP contribution in [0, 0.1) is 5.82 Å². The number of anilines is 2. The molecule has 2 aromatic carbocycles. The zero-order chi connectivity index (χ0) is 29.1. The number of benzene rings is 2. The van der Waals surface area contributed by atoms with Crippen LogP contribution in [0.15, 0.2) is 41.8 Å². The van der Waals surface area contributed by atoms with E-state index in [1.165, 1.54) is 4.90 Å². The van der Waals surface area contributed by atoms with Crippen molar-refractivity contribution in [2.45, 2.75) is 52.1 Å². The van der Waals surface area contributed by atoms with Crippen molar-refractivity contribution in [2.24, 2.45) is 0 Å². The number of carbonyl (C=O) groups excluding carboxylic acids is 3. The van der Waals surface area contributed by atoms with Crippen LogP contribution in [0.4, 0.5) is 15.8 Å². The summed E-state index contributed by atoms with van der Waals surface area (Å²) in [5.41, 5.74) is 3.14. The Hall–Kier alpha value is -3.50. The first-order valence-corrected chi connectivity index (χ1v) is 14.9. The Bertz CT molecular complexity index is 1440. The van der Waals surface area contributed by atoms with Crippen molar-refractivity contribution < 1.29 is 28.2 Å². The largest absolute Gasteiger partial charge is 0.460 e. The van der Waals surface area contributed by atoms with Crippen molar-refractivity contribution in [3.05, 3.63) is 58.7 Å². The number of hydrogen-bond acceptors (Lipinski definition) is 8. The molecule has 1 amide bonds. The van der Waals surface area contributed by atoms with Crippen LogP contribution in [0.3, 0.4) is 0 Å². The Morgan fingerprint density at radius 2 is 1.76 bits per heavy atom. The van der Waals surface area contributed by atoms with Crippen LogP contribution in [0.2, 0.25) is 0 Å². The van der Waals surface area contributed by atoms with Gasteiger partial charge in [-0.05, 0) is 74.4 Å². The Balaban J connectivity index is 1.16. The standard InChI is InChI=1S/C31H36FN3O5S/c1-31(2,3)40-30(38)19-29(37)39-20-35-25-16-21(4-5-22(25)6-7-28(35)36)8-10-33-11-13-34(14-12-33)26-17-23(32)18-27-24(26)9-15-41-27/h4-5,9,15-18H,6-8,10-14,19-20H2,1-3H3. The van der Waals surface area contributed by atoms with Crippen LogP contribution >= 0.6 is 11.3 Å². The zero-order valence-electron chi connectivity index (χ0n) is 23.8. The first-order chi connectivity index (χ1) is 19.6. The van der Waals surface area contributed by atoms with Gasteiger partial charge in [0.2, 0.25) is 5.91 Å². The van der Waals surface area contributed by atoms with Gasteiger partial charge in [-0.3, -0.25) is 24.2 Å². The number of esters is 2. The molecule has 1 aromatic heterocycles. The Morgan fingerprint density at radius 3 is 2.51 bits per heavy atom. The molecule has 3 aromatic rings. The topological polar surface area (TPSA) is 79.4 Å². The molecule has 0 bridgehead atoms. The number of carbonyl (C=O) groups is 3. The number of ether oxygens (including phenoxy) is 2. The Kier molecular flexibility index (Phi) is 8.60. The van der Waals surface area contributed by atoms with Crippen molar-refractivity contribution in [1.82, 2.24) is 4.90 Å². The van der Waals surface area contributed by atoms with Gasteiger partial charge in [-0.1, -0.05) is 12.1 Å². The molecular formula is C31H36FN3O5S. The minimum absolute atomic E-state index is 0.118. The molecule has 0 radical (unpaired) electrons. The molecule has 8 nitrogen and oxygen atoms in total. The summed E-state index contributed by atoms with van der Waals surface area (Å²) in [4.78, 5) is 43.1. The molecule has 1 saturated heterocycles. The fourth-order valence-electron chi connectivity index (χ4n) is 5.34. The van der Waals surface area contributed by atoms with E-state index < -0.39 is 24.0 Å².